The second kappa shape index (κ2) is 7.57. The first-order chi connectivity index (χ1) is 11.3. The van der Waals surface area contributed by atoms with Gasteiger partial charge in [0, 0.05) is 24.9 Å². The van der Waals surface area contributed by atoms with Crippen LogP contribution in [-0.2, 0) is 11.3 Å². The van der Waals surface area contributed by atoms with Gasteiger partial charge in [0.25, 0.3) is 5.92 Å². The van der Waals surface area contributed by atoms with Crippen LogP contribution >= 0.6 is 11.8 Å². The van der Waals surface area contributed by atoms with Crippen molar-refractivity contribution in [3.8, 4) is 11.5 Å². The van der Waals surface area contributed by atoms with E-state index in [2.05, 4.69) is 5.32 Å². The summed E-state index contributed by atoms with van der Waals surface area (Å²) < 4.78 is 37.1. The molecule has 134 valence electrons. The maximum absolute atomic E-state index is 13.3. The van der Waals surface area contributed by atoms with Crippen LogP contribution in [-0.4, -0.2) is 56.8 Å². The summed E-state index contributed by atoms with van der Waals surface area (Å²) in [5.74, 6) is -1.99. The van der Waals surface area contributed by atoms with Gasteiger partial charge in [-0.2, -0.15) is 0 Å². The third kappa shape index (κ3) is 4.10. The average Bonchev–Trinajstić information content (AvgIpc) is 2.93. The van der Waals surface area contributed by atoms with Crippen molar-refractivity contribution in [3.63, 3.8) is 0 Å². The number of alkyl halides is 2. The van der Waals surface area contributed by atoms with Crippen LogP contribution in [0.25, 0.3) is 0 Å². The first-order valence-corrected chi connectivity index (χ1v) is 8.69. The number of methoxy groups -OCH3 is 2. The lowest BCUT2D eigenvalue weighted by atomic mass is 10.1. The van der Waals surface area contributed by atoms with Crippen LogP contribution in [0.4, 0.5) is 8.78 Å². The molecule has 1 aliphatic heterocycles. The summed E-state index contributed by atoms with van der Waals surface area (Å²) >= 11 is 1.52. The molecule has 1 N–H and O–H groups in total. The normalized spacial score (nSPS) is 19.2. The highest BCUT2D eigenvalue weighted by Crippen LogP contribution is 2.35. The minimum atomic E-state index is -2.82. The van der Waals surface area contributed by atoms with Gasteiger partial charge in [-0.1, -0.05) is 0 Å². The number of nitrogens with one attached hydrogen (secondary N) is 1. The summed E-state index contributed by atoms with van der Waals surface area (Å²) in [5, 5.41) is 2.59. The van der Waals surface area contributed by atoms with Crippen LogP contribution in [0.15, 0.2) is 17.0 Å². The largest absolute Gasteiger partial charge is 0.493 e. The zero-order valence-corrected chi connectivity index (χ0v) is 15.0. The number of thioether (sulfide) groups is 1. The lowest BCUT2D eigenvalue weighted by Gasteiger charge is -2.23. The van der Waals surface area contributed by atoms with Crippen LogP contribution in [0.1, 0.15) is 12.0 Å². The fourth-order valence-electron chi connectivity index (χ4n) is 2.71. The molecule has 0 radical (unpaired) electrons. The van der Waals surface area contributed by atoms with Gasteiger partial charge in [-0.3, -0.25) is 10.1 Å². The zero-order chi connectivity index (χ0) is 17.9. The number of halogens is 2. The molecule has 0 saturated carbocycles. The summed E-state index contributed by atoms with van der Waals surface area (Å²) in [6, 6.07) is 2.81. The molecule has 2 rings (SSSR count). The van der Waals surface area contributed by atoms with E-state index in [0.29, 0.717) is 18.0 Å². The average molecular weight is 360 g/mol. The smallest absolute Gasteiger partial charge is 0.262 e. The summed E-state index contributed by atoms with van der Waals surface area (Å²) in [4.78, 5) is 14.8. The Balaban J connectivity index is 2.16. The molecule has 1 aromatic carbocycles. The number of carbonyl (C=O) groups is 1. The summed E-state index contributed by atoms with van der Waals surface area (Å²) in [7, 11) is 4.71. The highest BCUT2D eigenvalue weighted by atomic mass is 32.2. The summed E-state index contributed by atoms with van der Waals surface area (Å²) in [6.45, 7) is -0.150. The summed E-state index contributed by atoms with van der Waals surface area (Å²) in [5.41, 5.74) is 0.876. The summed E-state index contributed by atoms with van der Waals surface area (Å²) in [6.07, 6.45) is 1.46. The van der Waals surface area contributed by atoms with Crippen molar-refractivity contribution < 1.29 is 23.0 Å². The van der Waals surface area contributed by atoms with E-state index < -0.39 is 24.9 Å². The Morgan fingerprint density at radius 1 is 1.38 bits per heavy atom. The van der Waals surface area contributed by atoms with Crippen molar-refractivity contribution in [2.24, 2.45) is 0 Å². The molecule has 0 bridgehead atoms. The number of rotatable bonds is 6. The fourth-order valence-corrected chi connectivity index (χ4v) is 3.32. The SMILES string of the molecule is COc1cc(CN(C)C(=O)C2CC(F)(F)CN2)c(SC)cc1OC. The first-order valence-electron chi connectivity index (χ1n) is 7.46. The number of likely N-dealkylation sites (N-methyl/N-ethyl adjacent to an activating group) is 1. The standard InChI is InChI=1S/C16H22F2N2O3S/c1-20(15(21)11-7-16(17,18)9-19-11)8-10-5-12(22-2)13(23-3)6-14(10)24-4/h5-6,11,19H,7-9H2,1-4H3. The molecular weight excluding hydrogens is 338 g/mol. The molecule has 1 aliphatic rings. The van der Waals surface area contributed by atoms with E-state index in [9.17, 15) is 13.6 Å². The van der Waals surface area contributed by atoms with E-state index in [1.54, 1.807) is 21.3 Å². The Hall–Kier alpha value is -1.54. The molecule has 5 nitrogen and oxygen atoms in total. The van der Waals surface area contributed by atoms with Gasteiger partial charge in [-0.25, -0.2) is 8.78 Å². The number of carbonyl (C=O) groups excluding carboxylic acids is 1. The molecule has 1 fully saturated rings. The lowest BCUT2D eigenvalue weighted by molar-refractivity contribution is -0.133. The number of hydrogen-bond donors (Lipinski definition) is 1. The second-order valence-corrected chi connectivity index (χ2v) is 6.55. The van der Waals surface area contributed by atoms with Crippen LogP contribution in [0, 0.1) is 0 Å². The quantitative estimate of drug-likeness (QED) is 0.790. The third-order valence-electron chi connectivity index (χ3n) is 3.98. The minimum absolute atomic E-state index is 0.305. The Labute approximate surface area is 144 Å². The van der Waals surface area contributed by atoms with Crippen LogP contribution in [0.3, 0.4) is 0 Å². The van der Waals surface area contributed by atoms with E-state index >= 15 is 0 Å². The van der Waals surface area contributed by atoms with Crippen molar-refractivity contribution in [1.29, 1.82) is 0 Å². The van der Waals surface area contributed by atoms with Crippen molar-refractivity contribution >= 4 is 17.7 Å². The fraction of sp³-hybridized carbons (Fsp3) is 0.562. The molecule has 1 saturated heterocycles. The van der Waals surface area contributed by atoms with Crippen molar-refractivity contribution in [3.05, 3.63) is 17.7 Å². The molecule has 1 unspecified atom stereocenters. The van der Waals surface area contributed by atoms with Crippen LogP contribution < -0.4 is 14.8 Å². The zero-order valence-electron chi connectivity index (χ0n) is 14.2. The topological polar surface area (TPSA) is 50.8 Å². The first kappa shape index (κ1) is 18.8. The van der Waals surface area contributed by atoms with Crippen molar-refractivity contribution in [1.82, 2.24) is 10.2 Å². The molecule has 1 amide bonds. The van der Waals surface area contributed by atoms with Crippen molar-refractivity contribution in [2.75, 3.05) is 34.1 Å². The van der Waals surface area contributed by atoms with Gasteiger partial charge in [0.1, 0.15) is 0 Å². The third-order valence-corrected chi connectivity index (χ3v) is 4.80. The Morgan fingerprint density at radius 3 is 2.50 bits per heavy atom. The predicted octanol–water partition coefficient (Wildman–Crippen LogP) is 2.38. The molecule has 0 spiro atoms. The molecule has 1 heterocycles. The van der Waals surface area contributed by atoms with E-state index in [0.717, 1.165) is 10.5 Å². The van der Waals surface area contributed by atoms with Gasteiger partial charge < -0.3 is 14.4 Å². The van der Waals surface area contributed by atoms with Crippen LogP contribution in [0.5, 0.6) is 11.5 Å². The maximum Gasteiger partial charge on any atom is 0.262 e. The number of benzene rings is 1. The number of hydrogen-bond acceptors (Lipinski definition) is 5. The van der Waals surface area contributed by atoms with E-state index in [-0.39, 0.29) is 5.91 Å². The van der Waals surface area contributed by atoms with Gasteiger partial charge >= 0.3 is 0 Å². The predicted molar refractivity (Wildman–Crippen MR) is 89.2 cm³/mol. The van der Waals surface area contributed by atoms with Gasteiger partial charge in [-0.15, -0.1) is 11.8 Å². The van der Waals surface area contributed by atoms with Gasteiger partial charge in [0.05, 0.1) is 26.8 Å². The Morgan fingerprint density at radius 2 is 2.00 bits per heavy atom. The Kier molecular flexibility index (Phi) is 5.92. The molecule has 8 heteroatoms. The van der Waals surface area contributed by atoms with E-state index in [1.165, 1.54) is 16.7 Å². The minimum Gasteiger partial charge on any atom is -0.493 e. The number of nitrogens with zero attached hydrogens (tertiary/aromatic N) is 1. The van der Waals surface area contributed by atoms with Gasteiger partial charge in [-0.05, 0) is 24.0 Å². The van der Waals surface area contributed by atoms with E-state index in [4.69, 9.17) is 9.47 Å². The number of amides is 1. The molecule has 0 aliphatic carbocycles. The molecule has 0 aromatic heterocycles. The molecule has 1 aromatic rings. The van der Waals surface area contributed by atoms with Gasteiger partial charge in [0.15, 0.2) is 11.5 Å². The molecular formula is C16H22F2N2O3S. The highest BCUT2D eigenvalue weighted by Gasteiger charge is 2.43. The van der Waals surface area contributed by atoms with E-state index in [1.807, 2.05) is 18.4 Å². The monoisotopic (exact) mass is 360 g/mol. The maximum atomic E-state index is 13.3. The number of ether oxygens (including phenoxy) is 2. The molecule has 1 atom stereocenters. The second-order valence-electron chi connectivity index (χ2n) is 5.71. The Bertz CT molecular complexity index is 613. The molecule has 24 heavy (non-hydrogen) atoms. The van der Waals surface area contributed by atoms with Crippen molar-refractivity contribution in [2.45, 2.75) is 29.8 Å². The van der Waals surface area contributed by atoms with Gasteiger partial charge in [0.2, 0.25) is 5.91 Å². The highest BCUT2D eigenvalue weighted by molar-refractivity contribution is 7.98. The lowest BCUT2D eigenvalue weighted by Crippen LogP contribution is -2.41. The van der Waals surface area contributed by atoms with Crippen LogP contribution in [0.2, 0.25) is 0 Å².